The van der Waals surface area contributed by atoms with Crippen molar-refractivity contribution < 1.29 is 13.2 Å². The number of nitrogens with zero attached hydrogens (tertiary/aromatic N) is 1. The molecule has 0 amide bonds. The van der Waals surface area contributed by atoms with Crippen LogP contribution in [0, 0.1) is 16.7 Å². The Morgan fingerprint density at radius 2 is 1.42 bits per heavy atom. The van der Waals surface area contributed by atoms with E-state index in [1.165, 1.54) is 0 Å². The van der Waals surface area contributed by atoms with Gasteiger partial charge in [0.1, 0.15) is 0 Å². The minimum Gasteiger partial charge on any atom is -0.361 e. The van der Waals surface area contributed by atoms with Crippen LogP contribution in [0.2, 0.25) is 39.3 Å². The Bertz CT molecular complexity index is 388. The van der Waals surface area contributed by atoms with E-state index in [-0.39, 0.29) is 0 Å². The highest BCUT2D eigenvalue weighted by Gasteiger charge is 2.65. The predicted molar refractivity (Wildman–Crippen MR) is 84.3 cm³/mol. The van der Waals surface area contributed by atoms with E-state index in [9.17, 15) is 9.83 Å². The molecule has 0 aliphatic carbocycles. The summed E-state index contributed by atoms with van der Waals surface area (Å²) in [6, 6.07) is 2.16. The van der Waals surface area contributed by atoms with Crippen molar-refractivity contribution in [2.45, 2.75) is 65.4 Å². The van der Waals surface area contributed by atoms with Crippen LogP contribution < -0.4 is 0 Å². The van der Waals surface area contributed by atoms with Gasteiger partial charge in [0, 0.05) is 0 Å². The minimum absolute atomic E-state index is 0.574. The van der Waals surface area contributed by atoms with E-state index in [1.54, 1.807) is 0 Å². The first-order chi connectivity index (χ1) is 8.15. The highest BCUT2D eigenvalue weighted by atomic mass is 31.1. The molecule has 0 aromatic heterocycles. The van der Waals surface area contributed by atoms with E-state index in [1.807, 2.05) is 60.1 Å². The van der Waals surface area contributed by atoms with Gasteiger partial charge in [0.15, 0.2) is 14.4 Å². The van der Waals surface area contributed by atoms with Gasteiger partial charge in [-0.15, -0.1) is 0 Å². The van der Waals surface area contributed by atoms with Gasteiger partial charge in [-0.25, -0.2) is 0 Å². The van der Waals surface area contributed by atoms with Crippen molar-refractivity contribution in [1.29, 1.82) is 5.26 Å². The van der Waals surface area contributed by atoms with Crippen molar-refractivity contribution >= 4 is 24.7 Å². The molecule has 7 heteroatoms. The van der Waals surface area contributed by atoms with Gasteiger partial charge in [-0.2, -0.15) is 9.47 Å². The molecule has 0 spiro atoms. The van der Waals surface area contributed by atoms with Gasteiger partial charge in [-0.05, 0) is 43.8 Å². The Morgan fingerprint density at radius 1 is 1.00 bits per heavy atom. The third-order valence-electron chi connectivity index (χ3n) is 2.24. The zero-order valence-electron chi connectivity index (χ0n) is 13.6. The second-order valence-corrected chi connectivity index (χ2v) is 18.2. The Labute approximate surface area is 120 Å². The molecule has 19 heavy (non-hydrogen) atoms. The van der Waals surface area contributed by atoms with Crippen LogP contribution in [-0.4, -0.2) is 22.0 Å². The summed E-state index contributed by atoms with van der Waals surface area (Å²) in [4.78, 5) is 0. The average molecular weight is 320 g/mol. The highest BCUT2D eigenvalue weighted by molar-refractivity contribution is 7.43. The molecular formula is C12H27NO3PSi2+. The molecule has 110 valence electrons. The molecule has 0 saturated carbocycles. The molecule has 0 aromatic rings. The molecule has 2 atom stereocenters. The summed E-state index contributed by atoms with van der Waals surface area (Å²) in [5.41, 5.74) is -0.574. The lowest BCUT2D eigenvalue weighted by molar-refractivity contribution is 0.0787. The summed E-state index contributed by atoms with van der Waals surface area (Å²) in [6.07, 6.45) is 0. The van der Waals surface area contributed by atoms with Crippen molar-refractivity contribution in [3.05, 3.63) is 0 Å². The van der Waals surface area contributed by atoms with Gasteiger partial charge >= 0.3 is 13.4 Å². The second-order valence-electron chi connectivity index (χ2n) is 7.68. The van der Waals surface area contributed by atoms with Crippen molar-refractivity contribution in [3.8, 4) is 6.07 Å². The van der Waals surface area contributed by atoms with E-state index in [0.717, 1.165) is 0 Å². The molecule has 2 unspecified atom stereocenters. The summed E-state index contributed by atoms with van der Waals surface area (Å²) in [6.45, 7) is 17.5. The molecule has 0 aliphatic rings. The fourth-order valence-corrected chi connectivity index (χ4v) is 6.94. The van der Waals surface area contributed by atoms with Gasteiger partial charge in [-0.1, -0.05) is 20.8 Å². The van der Waals surface area contributed by atoms with Crippen molar-refractivity contribution in [2.75, 3.05) is 0 Å². The fourth-order valence-electron chi connectivity index (χ4n) is 1.45. The molecule has 0 radical (unpaired) electrons. The van der Waals surface area contributed by atoms with E-state index in [2.05, 4.69) is 6.07 Å². The predicted octanol–water partition coefficient (Wildman–Crippen LogP) is 4.70. The van der Waals surface area contributed by atoms with E-state index in [0.29, 0.717) is 0 Å². The lowest BCUT2D eigenvalue weighted by Gasteiger charge is -2.34. The van der Waals surface area contributed by atoms with Gasteiger partial charge in [0.25, 0.3) is 8.32 Å². The Morgan fingerprint density at radius 3 is 1.63 bits per heavy atom. The Kier molecular flexibility index (Phi) is 5.73. The smallest absolute Gasteiger partial charge is 0.361 e. The maximum atomic E-state index is 12.7. The number of nitriles is 1. The first-order valence-corrected chi connectivity index (χ1v) is 14.4. The molecule has 0 heterocycles. The van der Waals surface area contributed by atoms with Crippen LogP contribution in [0.3, 0.4) is 0 Å². The minimum atomic E-state index is -2.21. The van der Waals surface area contributed by atoms with Crippen LogP contribution in [-0.2, 0) is 13.2 Å². The number of rotatable bonds is 5. The maximum Gasteiger partial charge on any atom is 0.548 e. The third-order valence-corrected chi connectivity index (χ3v) is 7.56. The lowest BCUT2D eigenvalue weighted by atomic mass is 9.89. The molecule has 0 bridgehead atoms. The van der Waals surface area contributed by atoms with Crippen molar-refractivity contribution in [3.63, 3.8) is 0 Å². The van der Waals surface area contributed by atoms with Gasteiger partial charge in [0.05, 0.1) is 5.41 Å². The zero-order chi connectivity index (χ0) is 15.7. The first-order valence-electron chi connectivity index (χ1n) is 6.42. The topological polar surface area (TPSA) is 59.3 Å². The quantitative estimate of drug-likeness (QED) is 0.544. The molecule has 0 saturated heterocycles. The van der Waals surface area contributed by atoms with E-state index < -0.39 is 35.4 Å². The standard InChI is InChI=1S/C12H27NO3PSi2/c1-11(2,3)12(10-13,15-18(4,5)6)17(14)16-19(7,8)9/h1-9H3/q+1. The summed E-state index contributed by atoms with van der Waals surface area (Å²) < 4.78 is 24.4. The average Bonchev–Trinajstić information content (AvgIpc) is 2.07. The monoisotopic (exact) mass is 320 g/mol. The Balaban J connectivity index is 5.66. The summed E-state index contributed by atoms with van der Waals surface area (Å²) >= 11 is 0. The molecule has 0 N–H and O–H groups in total. The first kappa shape index (κ1) is 18.9. The summed E-state index contributed by atoms with van der Waals surface area (Å²) in [5, 5.41) is 8.26. The number of hydrogen-bond acceptors (Lipinski definition) is 4. The molecule has 0 aromatic carbocycles. The third kappa shape index (κ3) is 5.44. The lowest BCUT2D eigenvalue weighted by Crippen LogP contribution is -2.49. The van der Waals surface area contributed by atoms with Crippen molar-refractivity contribution in [2.24, 2.45) is 5.41 Å². The normalized spacial score (nSPS) is 17.6. The Hall–Kier alpha value is -0.0562. The van der Waals surface area contributed by atoms with Crippen LogP contribution in [0.25, 0.3) is 0 Å². The van der Waals surface area contributed by atoms with Crippen molar-refractivity contribution in [1.82, 2.24) is 0 Å². The van der Waals surface area contributed by atoms with Gasteiger partial charge in [-0.3, -0.25) is 0 Å². The molecule has 0 fully saturated rings. The fraction of sp³-hybridized carbons (Fsp3) is 0.917. The van der Waals surface area contributed by atoms with Gasteiger partial charge < -0.3 is 4.43 Å². The maximum absolute atomic E-state index is 12.7. The zero-order valence-corrected chi connectivity index (χ0v) is 16.5. The highest BCUT2D eigenvalue weighted by Crippen LogP contribution is 2.54. The molecule has 0 rings (SSSR count). The summed E-state index contributed by atoms with van der Waals surface area (Å²) in [7, 11) is -6.24. The molecule has 4 nitrogen and oxygen atoms in total. The molecule has 0 aliphatic heterocycles. The second kappa shape index (κ2) is 5.75. The van der Waals surface area contributed by atoms with Crippen LogP contribution in [0.5, 0.6) is 0 Å². The number of hydrogen-bond donors (Lipinski definition) is 0. The SMILES string of the molecule is CC(C)(C)C(C#N)(O[Si](C)(C)C)[P+](=O)O[Si](C)(C)C. The summed E-state index contributed by atoms with van der Waals surface area (Å²) in [5.74, 6) is 0. The van der Waals surface area contributed by atoms with Crippen LogP contribution >= 0.6 is 8.03 Å². The van der Waals surface area contributed by atoms with Crippen LogP contribution in [0.15, 0.2) is 0 Å². The van der Waals surface area contributed by atoms with E-state index >= 15 is 0 Å². The van der Waals surface area contributed by atoms with Crippen LogP contribution in [0.4, 0.5) is 0 Å². The largest absolute Gasteiger partial charge is 0.548 e. The van der Waals surface area contributed by atoms with Crippen LogP contribution in [0.1, 0.15) is 20.8 Å². The molecular weight excluding hydrogens is 293 g/mol. The van der Waals surface area contributed by atoms with E-state index in [4.69, 9.17) is 8.64 Å². The van der Waals surface area contributed by atoms with Gasteiger partial charge in [0.2, 0.25) is 0 Å².